The van der Waals surface area contributed by atoms with Gasteiger partial charge in [0.2, 0.25) is 0 Å². The number of hydrogen-bond acceptors (Lipinski definition) is 4. The van der Waals surface area contributed by atoms with Crippen molar-refractivity contribution < 1.29 is 9.53 Å². The zero-order valence-corrected chi connectivity index (χ0v) is 13.4. The number of carbonyl (C=O) groups is 1. The number of aryl methyl sites for hydroxylation is 2. The van der Waals surface area contributed by atoms with Gasteiger partial charge in [0.05, 0.1) is 23.4 Å². The van der Waals surface area contributed by atoms with Crippen molar-refractivity contribution in [3.63, 3.8) is 0 Å². The van der Waals surface area contributed by atoms with Crippen LogP contribution in [0.4, 0.5) is 0 Å². The van der Waals surface area contributed by atoms with Gasteiger partial charge in [-0.3, -0.25) is 4.79 Å². The molecule has 0 radical (unpaired) electrons. The number of methoxy groups -OCH3 is 1. The van der Waals surface area contributed by atoms with Gasteiger partial charge in [0.1, 0.15) is 5.75 Å². The van der Waals surface area contributed by atoms with E-state index in [1.54, 1.807) is 24.5 Å². The fraction of sp³-hybridized carbons (Fsp3) is 0.375. The fourth-order valence-electron chi connectivity index (χ4n) is 2.10. The molecular formula is C16H20N2O2S. The van der Waals surface area contributed by atoms with E-state index < -0.39 is 0 Å². The first-order valence-electron chi connectivity index (χ1n) is 7.00. The van der Waals surface area contributed by atoms with Crippen LogP contribution in [0.15, 0.2) is 23.6 Å². The highest BCUT2D eigenvalue weighted by atomic mass is 32.1. The molecule has 0 saturated heterocycles. The zero-order chi connectivity index (χ0) is 15.2. The second-order valence-corrected chi connectivity index (χ2v) is 5.69. The summed E-state index contributed by atoms with van der Waals surface area (Å²) >= 11 is 1.65. The van der Waals surface area contributed by atoms with Crippen LogP contribution in [0.2, 0.25) is 0 Å². The van der Waals surface area contributed by atoms with Crippen LogP contribution >= 0.6 is 11.3 Å². The third kappa shape index (κ3) is 3.82. The Hall–Kier alpha value is -1.88. The van der Waals surface area contributed by atoms with Crippen LogP contribution in [0.5, 0.6) is 5.75 Å². The maximum atomic E-state index is 12.3. The number of aromatic nitrogens is 1. The van der Waals surface area contributed by atoms with Crippen LogP contribution in [0.3, 0.4) is 0 Å². The molecule has 0 aliphatic heterocycles. The highest BCUT2D eigenvalue weighted by molar-refractivity contribution is 7.09. The summed E-state index contributed by atoms with van der Waals surface area (Å²) in [6, 6.07) is 5.59. The summed E-state index contributed by atoms with van der Waals surface area (Å²) in [5.41, 5.74) is 2.63. The zero-order valence-electron chi connectivity index (χ0n) is 12.6. The normalized spacial score (nSPS) is 10.4. The smallest absolute Gasteiger partial charge is 0.255 e. The minimum absolute atomic E-state index is 0.0998. The molecule has 0 spiro atoms. The predicted molar refractivity (Wildman–Crippen MR) is 85.3 cm³/mol. The second kappa shape index (κ2) is 7.22. The van der Waals surface area contributed by atoms with Crippen molar-refractivity contribution in [2.75, 3.05) is 13.7 Å². The summed E-state index contributed by atoms with van der Waals surface area (Å²) in [7, 11) is 1.58. The molecule has 4 nitrogen and oxygen atoms in total. The molecule has 0 fully saturated rings. The maximum Gasteiger partial charge on any atom is 0.255 e. The average Bonchev–Trinajstić information content (AvgIpc) is 2.94. The topological polar surface area (TPSA) is 51.2 Å². The van der Waals surface area contributed by atoms with E-state index in [4.69, 9.17) is 4.74 Å². The number of amides is 1. The molecule has 2 aromatic rings. The second-order valence-electron chi connectivity index (χ2n) is 4.74. The van der Waals surface area contributed by atoms with Gasteiger partial charge < -0.3 is 10.1 Å². The number of rotatable bonds is 6. The third-order valence-electron chi connectivity index (χ3n) is 3.27. The van der Waals surface area contributed by atoms with Gasteiger partial charge in [-0.15, -0.1) is 11.3 Å². The summed E-state index contributed by atoms with van der Waals surface area (Å²) in [5.74, 6) is 0.507. The standard InChI is InChI=1S/C16H20N2O2S/c1-4-12-10-21-14(18-12)8-9-17-16(19)15-11(2)6-5-7-13(15)20-3/h5-7,10H,4,8-9H2,1-3H3,(H,17,19). The molecule has 0 atom stereocenters. The Kier molecular flexibility index (Phi) is 5.33. The molecule has 112 valence electrons. The molecule has 2 rings (SSSR count). The number of ether oxygens (including phenoxy) is 1. The largest absolute Gasteiger partial charge is 0.496 e. The molecule has 0 unspecified atom stereocenters. The van der Waals surface area contributed by atoms with Crippen LogP contribution in [-0.4, -0.2) is 24.5 Å². The van der Waals surface area contributed by atoms with E-state index in [0.29, 0.717) is 17.9 Å². The Morgan fingerprint density at radius 1 is 1.43 bits per heavy atom. The van der Waals surface area contributed by atoms with Gasteiger partial charge in [-0.1, -0.05) is 19.1 Å². The first-order chi connectivity index (χ1) is 10.2. The molecule has 0 saturated carbocycles. The molecule has 1 aromatic heterocycles. The monoisotopic (exact) mass is 304 g/mol. The van der Waals surface area contributed by atoms with Crippen molar-refractivity contribution in [3.8, 4) is 5.75 Å². The fourth-order valence-corrected chi connectivity index (χ4v) is 2.98. The highest BCUT2D eigenvalue weighted by Crippen LogP contribution is 2.21. The minimum atomic E-state index is -0.0998. The lowest BCUT2D eigenvalue weighted by molar-refractivity contribution is 0.0950. The van der Waals surface area contributed by atoms with E-state index in [9.17, 15) is 4.79 Å². The lowest BCUT2D eigenvalue weighted by atomic mass is 10.1. The molecule has 0 aliphatic carbocycles. The van der Waals surface area contributed by atoms with E-state index in [1.807, 2.05) is 19.1 Å². The molecule has 1 aromatic carbocycles. The summed E-state index contributed by atoms with van der Waals surface area (Å²) in [6.07, 6.45) is 1.70. The van der Waals surface area contributed by atoms with Crippen LogP contribution in [-0.2, 0) is 12.8 Å². The quantitative estimate of drug-likeness (QED) is 0.892. The van der Waals surface area contributed by atoms with Crippen molar-refractivity contribution in [1.82, 2.24) is 10.3 Å². The van der Waals surface area contributed by atoms with Gasteiger partial charge in [-0.25, -0.2) is 4.98 Å². The SMILES string of the molecule is CCc1csc(CCNC(=O)c2c(C)cccc2OC)n1. The number of carbonyl (C=O) groups excluding carboxylic acids is 1. The van der Waals surface area contributed by atoms with Gasteiger partial charge in [0.25, 0.3) is 5.91 Å². The summed E-state index contributed by atoms with van der Waals surface area (Å²) in [6.45, 7) is 4.57. The molecule has 0 bridgehead atoms. The number of nitrogens with one attached hydrogen (secondary N) is 1. The molecule has 0 aliphatic rings. The summed E-state index contributed by atoms with van der Waals surface area (Å²) in [4.78, 5) is 16.8. The van der Waals surface area contributed by atoms with Crippen molar-refractivity contribution in [2.45, 2.75) is 26.7 Å². The number of nitrogens with zero attached hydrogens (tertiary/aromatic N) is 1. The molecule has 5 heteroatoms. The van der Waals surface area contributed by atoms with E-state index in [2.05, 4.69) is 22.6 Å². The first kappa shape index (κ1) is 15.5. The van der Waals surface area contributed by atoms with Gasteiger partial charge in [0, 0.05) is 18.3 Å². The molecular weight excluding hydrogens is 284 g/mol. The van der Waals surface area contributed by atoms with Crippen LogP contribution in [0.1, 0.15) is 33.5 Å². The van der Waals surface area contributed by atoms with E-state index in [0.717, 1.165) is 29.1 Å². The van der Waals surface area contributed by atoms with Crippen molar-refractivity contribution in [1.29, 1.82) is 0 Å². The Morgan fingerprint density at radius 2 is 2.24 bits per heavy atom. The predicted octanol–water partition coefficient (Wildman–Crippen LogP) is 3.00. The van der Waals surface area contributed by atoms with Crippen LogP contribution in [0, 0.1) is 6.92 Å². The van der Waals surface area contributed by atoms with Crippen LogP contribution < -0.4 is 10.1 Å². The van der Waals surface area contributed by atoms with E-state index in [1.165, 1.54) is 0 Å². The van der Waals surface area contributed by atoms with Crippen molar-refractivity contribution >= 4 is 17.2 Å². The summed E-state index contributed by atoms with van der Waals surface area (Å²) in [5, 5.41) is 6.07. The number of hydrogen-bond donors (Lipinski definition) is 1. The number of thiazole rings is 1. The van der Waals surface area contributed by atoms with Gasteiger partial charge >= 0.3 is 0 Å². The van der Waals surface area contributed by atoms with Gasteiger partial charge in [0.15, 0.2) is 0 Å². The lowest BCUT2D eigenvalue weighted by Gasteiger charge is -2.11. The Bertz CT molecular complexity index is 622. The van der Waals surface area contributed by atoms with Crippen LogP contribution in [0.25, 0.3) is 0 Å². The minimum Gasteiger partial charge on any atom is -0.496 e. The molecule has 1 N–H and O–H groups in total. The number of benzene rings is 1. The molecule has 1 heterocycles. The summed E-state index contributed by atoms with van der Waals surface area (Å²) < 4.78 is 5.26. The maximum absolute atomic E-state index is 12.3. The van der Waals surface area contributed by atoms with E-state index in [-0.39, 0.29) is 5.91 Å². The Balaban J connectivity index is 1.96. The third-order valence-corrected chi connectivity index (χ3v) is 4.22. The highest BCUT2D eigenvalue weighted by Gasteiger charge is 2.14. The lowest BCUT2D eigenvalue weighted by Crippen LogP contribution is -2.26. The van der Waals surface area contributed by atoms with Gasteiger partial charge in [-0.2, -0.15) is 0 Å². The van der Waals surface area contributed by atoms with Crippen molar-refractivity contribution in [3.05, 3.63) is 45.4 Å². The Labute approximate surface area is 129 Å². The van der Waals surface area contributed by atoms with Gasteiger partial charge in [-0.05, 0) is 25.0 Å². The first-order valence-corrected chi connectivity index (χ1v) is 7.88. The van der Waals surface area contributed by atoms with Crippen molar-refractivity contribution in [2.24, 2.45) is 0 Å². The molecule has 1 amide bonds. The Morgan fingerprint density at radius 3 is 2.90 bits per heavy atom. The average molecular weight is 304 g/mol. The molecule has 21 heavy (non-hydrogen) atoms. The van der Waals surface area contributed by atoms with E-state index >= 15 is 0 Å².